The van der Waals surface area contributed by atoms with Gasteiger partial charge in [0, 0.05) is 29.8 Å². The predicted molar refractivity (Wildman–Crippen MR) is 136 cm³/mol. The number of carbonyl (C=O) groups is 3. The van der Waals surface area contributed by atoms with E-state index in [1.54, 1.807) is 42.1 Å². The highest BCUT2D eigenvalue weighted by atomic mass is 32.2. The minimum Gasteiger partial charge on any atom is -0.352 e. The van der Waals surface area contributed by atoms with Crippen molar-refractivity contribution in [2.75, 3.05) is 6.54 Å². The Hall–Kier alpha value is -4.11. The van der Waals surface area contributed by atoms with Crippen LogP contribution in [0.5, 0.6) is 0 Å². The summed E-state index contributed by atoms with van der Waals surface area (Å²) in [5.41, 5.74) is 9.69. The van der Waals surface area contributed by atoms with E-state index in [-0.39, 0.29) is 18.9 Å². The first-order chi connectivity index (χ1) is 17.0. The molecule has 3 aromatic carbocycles. The molecule has 3 amide bonds. The van der Waals surface area contributed by atoms with Crippen LogP contribution in [0, 0.1) is 6.92 Å². The summed E-state index contributed by atoms with van der Waals surface area (Å²) in [4.78, 5) is 44.3. The number of thioether (sulfide) groups is 1. The number of fused-ring (bicyclic) bond motifs is 1. The van der Waals surface area contributed by atoms with Crippen LogP contribution in [0.15, 0.2) is 78.0 Å². The number of hydrogen-bond acceptors (Lipinski definition) is 5. The molecule has 0 bridgehead atoms. The minimum absolute atomic E-state index is 0.0375. The molecule has 178 valence electrons. The van der Waals surface area contributed by atoms with E-state index in [0.29, 0.717) is 16.9 Å². The molecular formula is C26H25N5O3S. The Bertz CT molecular complexity index is 1320. The average Bonchev–Trinajstić information content (AvgIpc) is 3.29. The van der Waals surface area contributed by atoms with Crippen molar-refractivity contribution in [3.05, 3.63) is 95.1 Å². The summed E-state index contributed by atoms with van der Waals surface area (Å²) in [5, 5.41) is 3.53. The molecule has 0 saturated carbocycles. The first-order valence-electron chi connectivity index (χ1n) is 11.1. The zero-order valence-corrected chi connectivity index (χ0v) is 19.9. The van der Waals surface area contributed by atoms with Crippen LogP contribution in [0.3, 0.4) is 0 Å². The molecule has 0 spiro atoms. The third kappa shape index (κ3) is 6.70. The van der Waals surface area contributed by atoms with E-state index in [2.05, 4.69) is 26.1 Å². The summed E-state index contributed by atoms with van der Waals surface area (Å²) >= 11 is 1.58. The third-order valence-corrected chi connectivity index (χ3v) is 6.14. The lowest BCUT2D eigenvalue weighted by Gasteiger charge is -2.09. The monoisotopic (exact) mass is 487 g/mol. The van der Waals surface area contributed by atoms with E-state index in [9.17, 15) is 14.4 Å². The second-order valence-corrected chi connectivity index (χ2v) is 8.89. The second-order valence-electron chi connectivity index (χ2n) is 7.92. The maximum absolute atomic E-state index is 12.3. The van der Waals surface area contributed by atoms with Gasteiger partial charge in [0.15, 0.2) is 5.16 Å². The Morgan fingerprint density at radius 2 is 1.69 bits per heavy atom. The molecule has 0 saturated heterocycles. The van der Waals surface area contributed by atoms with Gasteiger partial charge >= 0.3 is 0 Å². The summed E-state index contributed by atoms with van der Waals surface area (Å²) in [6.45, 7) is 2.06. The van der Waals surface area contributed by atoms with Gasteiger partial charge < -0.3 is 10.3 Å². The number of rotatable bonds is 8. The molecule has 35 heavy (non-hydrogen) atoms. The van der Waals surface area contributed by atoms with Gasteiger partial charge in [-0.25, -0.2) is 4.98 Å². The van der Waals surface area contributed by atoms with Gasteiger partial charge in [-0.2, -0.15) is 0 Å². The standard InChI is InChI=1S/C26H25N5O3S/c1-17-5-4-6-20(15-17)24(33)27-14-13-23(32)30-31-25(34)19-11-9-18(10-12-19)16-35-26-28-21-7-2-3-8-22(21)29-26/h2-12,15H,13-14,16H2,1H3,(H,27,33)(H,28,29)(H,30,32)(H,31,34). The van der Waals surface area contributed by atoms with Crippen LogP contribution < -0.4 is 16.2 Å². The van der Waals surface area contributed by atoms with Crippen LogP contribution in [0.4, 0.5) is 0 Å². The first kappa shape index (κ1) is 24.0. The van der Waals surface area contributed by atoms with Crippen molar-refractivity contribution >= 4 is 40.5 Å². The van der Waals surface area contributed by atoms with Crippen LogP contribution in [0.1, 0.15) is 38.3 Å². The zero-order chi connectivity index (χ0) is 24.6. The number of nitrogens with zero attached hydrogens (tertiary/aromatic N) is 1. The number of nitrogens with one attached hydrogen (secondary N) is 4. The molecule has 0 atom stereocenters. The van der Waals surface area contributed by atoms with E-state index < -0.39 is 11.8 Å². The number of amides is 3. The van der Waals surface area contributed by atoms with Crippen molar-refractivity contribution in [1.29, 1.82) is 0 Å². The summed E-state index contributed by atoms with van der Waals surface area (Å²) in [6, 6.07) is 22.2. The van der Waals surface area contributed by atoms with Crippen LogP contribution in [-0.4, -0.2) is 34.2 Å². The number of aryl methyl sites for hydroxylation is 1. The maximum atomic E-state index is 12.3. The average molecular weight is 488 g/mol. The summed E-state index contributed by atoms with van der Waals surface area (Å²) < 4.78 is 0. The second kappa shape index (κ2) is 11.3. The van der Waals surface area contributed by atoms with Gasteiger partial charge in [0.05, 0.1) is 11.0 Å². The Morgan fingerprint density at radius 3 is 2.46 bits per heavy atom. The van der Waals surface area contributed by atoms with Crippen molar-refractivity contribution in [2.45, 2.75) is 24.3 Å². The van der Waals surface area contributed by atoms with Crippen LogP contribution in [0.25, 0.3) is 11.0 Å². The van der Waals surface area contributed by atoms with Gasteiger partial charge in [-0.1, -0.05) is 53.7 Å². The molecule has 0 aliphatic carbocycles. The molecule has 9 heteroatoms. The summed E-state index contributed by atoms with van der Waals surface area (Å²) in [7, 11) is 0. The summed E-state index contributed by atoms with van der Waals surface area (Å²) in [6.07, 6.45) is 0.0375. The number of aromatic amines is 1. The number of carbonyl (C=O) groups excluding carboxylic acids is 3. The van der Waals surface area contributed by atoms with Gasteiger partial charge in [-0.15, -0.1) is 0 Å². The Labute approximate surface area is 206 Å². The number of benzene rings is 3. The Balaban J connectivity index is 1.18. The molecular weight excluding hydrogens is 462 g/mol. The fraction of sp³-hybridized carbons (Fsp3) is 0.154. The van der Waals surface area contributed by atoms with Gasteiger partial charge in [-0.05, 0) is 48.9 Å². The zero-order valence-electron chi connectivity index (χ0n) is 19.1. The number of hydrogen-bond donors (Lipinski definition) is 4. The molecule has 4 rings (SSSR count). The molecule has 0 unspecified atom stereocenters. The lowest BCUT2D eigenvalue weighted by Crippen LogP contribution is -2.42. The lowest BCUT2D eigenvalue weighted by molar-refractivity contribution is -0.121. The third-order valence-electron chi connectivity index (χ3n) is 5.19. The van der Waals surface area contributed by atoms with E-state index >= 15 is 0 Å². The van der Waals surface area contributed by atoms with Crippen molar-refractivity contribution in [3.8, 4) is 0 Å². The molecule has 1 aromatic heterocycles. The van der Waals surface area contributed by atoms with Gasteiger partial charge in [0.25, 0.3) is 11.8 Å². The van der Waals surface area contributed by atoms with E-state index in [4.69, 9.17) is 0 Å². The van der Waals surface area contributed by atoms with Crippen molar-refractivity contribution in [3.63, 3.8) is 0 Å². The van der Waals surface area contributed by atoms with Gasteiger partial charge in [0.2, 0.25) is 5.91 Å². The van der Waals surface area contributed by atoms with Gasteiger partial charge in [-0.3, -0.25) is 25.2 Å². The van der Waals surface area contributed by atoms with Crippen LogP contribution in [-0.2, 0) is 10.5 Å². The van der Waals surface area contributed by atoms with Crippen molar-refractivity contribution in [2.24, 2.45) is 0 Å². The SMILES string of the molecule is Cc1cccc(C(=O)NCCC(=O)NNC(=O)c2ccc(CSc3nc4ccccc4[nH]3)cc2)c1. The summed E-state index contributed by atoms with van der Waals surface area (Å²) in [5.74, 6) is -0.364. The highest BCUT2D eigenvalue weighted by molar-refractivity contribution is 7.98. The Kier molecular flexibility index (Phi) is 7.79. The molecule has 0 aliphatic rings. The Morgan fingerprint density at radius 1 is 0.886 bits per heavy atom. The van der Waals surface area contributed by atoms with E-state index in [0.717, 1.165) is 27.3 Å². The smallest absolute Gasteiger partial charge is 0.269 e. The highest BCUT2D eigenvalue weighted by Crippen LogP contribution is 2.23. The highest BCUT2D eigenvalue weighted by Gasteiger charge is 2.10. The number of para-hydroxylation sites is 2. The number of imidazole rings is 1. The molecule has 4 N–H and O–H groups in total. The van der Waals surface area contributed by atoms with Crippen molar-refractivity contribution < 1.29 is 14.4 Å². The largest absolute Gasteiger partial charge is 0.352 e. The maximum Gasteiger partial charge on any atom is 0.269 e. The topological polar surface area (TPSA) is 116 Å². The minimum atomic E-state index is -0.418. The quantitative estimate of drug-likeness (QED) is 0.223. The van der Waals surface area contributed by atoms with E-state index in [1.807, 2.05) is 49.4 Å². The lowest BCUT2D eigenvalue weighted by atomic mass is 10.1. The normalized spacial score (nSPS) is 10.7. The molecule has 4 aromatic rings. The molecule has 0 fully saturated rings. The molecule has 0 radical (unpaired) electrons. The number of hydrazine groups is 1. The van der Waals surface area contributed by atoms with Crippen molar-refractivity contribution in [1.82, 2.24) is 26.1 Å². The molecule has 1 heterocycles. The number of H-pyrrole nitrogens is 1. The van der Waals surface area contributed by atoms with Gasteiger partial charge in [0.1, 0.15) is 0 Å². The number of aromatic nitrogens is 2. The van der Waals surface area contributed by atoms with E-state index in [1.165, 1.54) is 0 Å². The fourth-order valence-corrected chi connectivity index (χ4v) is 4.18. The first-order valence-corrected chi connectivity index (χ1v) is 12.1. The fourth-order valence-electron chi connectivity index (χ4n) is 3.34. The predicted octanol–water partition coefficient (Wildman–Crippen LogP) is 3.74. The molecule has 8 nitrogen and oxygen atoms in total. The van der Waals surface area contributed by atoms with Crippen LogP contribution in [0.2, 0.25) is 0 Å². The molecule has 0 aliphatic heterocycles. The van der Waals surface area contributed by atoms with Crippen LogP contribution >= 0.6 is 11.8 Å².